The lowest BCUT2D eigenvalue weighted by atomic mass is 10.2. The minimum Gasteiger partial charge on any atom is -0.497 e. The molecule has 0 unspecified atom stereocenters. The van der Waals surface area contributed by atoms with E-state index in [2.05, 4.69) is 19.8 Å². The number of rotatable bonds is 7. The largest absolute Gasteiger partial charge is 0.497 e. The lowest BCUT2D eigenvalue weighted by Gasteiger charge is -2.11. The summed E-state index contributed by atoms with van der Waals surface area (Å²) in [5, 5.41) is 13.6. The van der Waals surface area contributed by atoms with E-state index in [0.717, 1.165) is 39.4 Å². The molecule has 0 aliphatic carbocycles. The van der Waals surface area contributed by atoms with E-state index in [4.69, 9.17) is 21.1 Å². The maximum absolute atomic E-state index is 6.14. The fourth-order valence-corrected chi connectivity index (χ4v) is 4.36. The number of nitrogens with zero attached hydrogens (tertiary/aromatic N) is 5. The molecule has 0 saturated carbocycles. The molecule has 0 bridgehead atoms. The van der Waals surface area contributed by atoms with Crippen molar-refractivity contribution in [1.82, 2.24) is 24.4 Å². The number of hydrogen-bond acceptors (Lipinski definition) is 8. The SMILES string of the molecule is COc1ccc(-c2nnc(SCc3nnsc3Cl)n2-c2ccc(OC)cc2)cc1. The van der Waals surface area contributed by atoms with Crippen molar-refractivity contribution in [3.8, 4) is 28.6 Å². The molecule has 4 rings (SSSR count). The Bertz CT molecular complexity index is 1100. The lowest BCUT2D eigenvalue weighted by Crippen LogP contribution is -2.00. The van der Waals surface area contributed by atoms with Gasteiger partial charge >= 0.3 is 0 Å². The van der Waals surface area contributed by atoms with Gasteiger partial charge in [0.15, 0.2) is 11.0 Å². The molecule has 0 atom stereocenters. The Labute approximate surface area is 180 Å². The maximum atomic E-state index is 6.14. The standard InChI is InChI=1S/C19H16ClN5O2S2/c1-26-14-7-3-12(4-8-14)18-22-23-19(28-11-16-17(20)29-24-21-16)25(18)13-5-9-15(27-2)10-6-13/h3-10H,11H2,1-2H3. The monoisotopic (exact) mass is 445 g/mol. The first kappa shape index (κ1) is 19.7. The van der Waals surface area contributed by atoms with E-state index in [0.29, 0.717) is 10.1 Å². The third kappa shape index (κ3) is 4.21. The van der Waals surface area contributed by atoms with Crippen LogP contribution in [0.15, 0.2) is 53.7 Å². The molecule has 0 aliphatic rings. The Balaban J connectivity index is 1.73. The van der Waals surface area contributed by atoms with Crippen LogP contribution in [0.2, 0.25) is 4.34 Å². The molecule has 10 heteroatoms. The predicted octanol–water partition coefficient (Wildman–Crippen LogP) is 4.75. The van der Waals surface area contributed by atoms with Gasteiger partial charge in [-0.2, -0.15) is 0 Å². The molecule has 0 fully saturated rings. The molecule has 0 saturated heterocycles. The summed E-state index contributed by atoms with van der Waals surface area (Å²) in [5.41, 5.74) is 2.58. The molecule has 0 aliphatic heterocycles. The van der Waals surface area contributed by atoms with Crippen LogP contribution in [0.5, 0.6) is 11.5 Å². The van der Waals surface area contributed by atoms with Crippen LogP contribution in [0.25, 0.3) is 17.1 Å². The summed E-state index contributed by atoms with van der Waals surface area (Å²) in [6.07, 6.45) is 0. The van der Waals surface area contributed by atoms with Crippen molar-refractivity contribution in [2.24, 2.45) is 0 Å². The molecule has 0 spiro atoms. The van der Waals surface area contributed by atoms with E-state index in [1.807, 2.05) is 53.1 Å². The second-order valence-corrected chi connectivity index (χ2v) is 8.15. The molecular weight excluding hydrogens is 430 g/mol. The Morgan fingerprint density at radius 3 is 2.17 bits per heavy atom. The quantitative estimate of drug-likeness (QED) is 0.380. The molecule has 4 aromatic rings. The van der Waals surface area contributed by atoms with E-state index < -0.39 is 0 Å². The van der Waals surface area contributed by atoms with Gasteiger partial charge in [0.1, 0.15) is 21.5 Å². The van der Waals surface area contributed by atoms with Crippen molar-refractivity contribution in [3.63, 3.8) is 0 Å². The van der Waals surface area contributed by atoms with E-state index in [1.165, 1.54) is 23.3 Å². The topological polar surface area (TPSA) is 75.0 Å². The van der Waals surface area contributed by atoms with Crippen molar-refractivity contribution in [2.75, 3.05) is 14.2 Å². The fraction of sp³-hybridized carbons (Fsp3) is 0.158. The molecular formula is C19H16ClN5O2S2. The highest BCUT2D eigenvalue weighted by Gasteiger charge is 2.18. The van der Waals surface area contributed by atoms with E-state index in [-0.39, 0.29) is 0 Å². The molecule has 2 aromatic carbocycles. The van der Waals surface area contributed by atoms with Crippen LogP contribution in [-0.2, 0) is 5.75 Å². The molecule has 148 valence electrons. The molecule has 0 amide bonds. The van der Waals surface area contributed by atoms with Gasteiger partial charge < -0.3 is 9.47 Å². The van der Waals surface area contributed by atoms with Gasteiger partial charge in [-0.1, -0.05) is 27.9 Å². The Kier molecular flexibility index (Phi) is 5.98. The zero-order chi connectivity index (χ0) is 20.2. The van der Waals surface area contributed by atoms with Gasteiger partial charge in [0.2, 0.25) is 0 Å². The zero-order valence-electron chi connectivity index (χ0n) is 15.6. The Morgan fingerprint density at radius 1 is 0.931 bits per heavy atom. The van der Waals surface area contributed by atoms with Crippen molar-refractivity contribution < 1.29 is 9.47 Å². The number of benzene rings is 2. The molecule has 0 N–H and O–H groups in total. The summed E-state index contributed by atoms with van der Waals surface area (Å²) in [6.45, 7) is 0. The number of methoxy groups -OCH3 is 2. The Morgan fingerprint density at radius 2 is 1.59 bits per heavy atom. The average molecular weight is 446 g/mol. The molecule has 2 heterocycles. The van der Waals surface area contributed by atoms with E-state index in [9.17, 15) is 0 Å². The zero-order valence-corrected chi connectivity index (χ0v) is 18.0. The van der Waals surface area contributed by atoms with Crippen molar-refractivity contribution >= 4 is 34.9 Å². The van der Waals surface area contributed by atoms with Crippen LogP contribution < -0.4 is 9.47 Å². The maximum Gasteiger partial charge on any atom is 0.196 e. The summed E-state index contributed by atoms with van der Waals surface area (Å²) in [4.78, 5) is 0. The number of aromatic nitrogens is 5. The summed E-state index contributed by atoms with van der Waals surface area (Å²) in [7, 11) is 3.28. The smallest absolute Gasteiger partial charge is 0.196 e. The van der Waals surface area contributed by atoms with Gasteiger partial charge in [0.05, 0.1) is 14.2 Å². The minimum absolute atomic E-state index is 0.548. The average Bonchev–Trinajstić information content (AvgIpc) is 3.38. The van der Waals surface area contributed by atoms with Gasteiger partial charge in [0, 0.05) is 28.5 Å². The summed E-state index contributed by atoms with van der Waals surface area (Å²) < 4.78 is 17.0. The van der Waals surface area contributed by atoms with E-state index in [1.54, 1.807) is 14.2 Å². The van der Waals surface area contributed by atoms with Gasteiger partial charge in [-0.3, -0.25) is 4.57 Å². The first-order valence-electron chi connectivity index (χ1n) is 8.53. The third-order valence-electron chi connectivity index (χ3n) is 4.16. The third-order valence-corrected chi connectivity index (χ3v) is 6.08. The van der Waals surface area contributed by atoms with Gasteiger partial charge in [-0.15, -0.1) is 15.3 Å². The normalized spacial score (nSPS) is 10.9. The lowest BCUT2D eigenvalue weighted by molar-refractivity contribution is 0.414. The number of hydrogen-bond donors (Lipinski definition) is 0. The van der Waals surface area contributed by atoms with Gasteiger partial charge in [-0.05, 0) is 48.5 Å². The van der Waals surface area contributed by atoms with Crippen LogP contribution in [0.3, 0.4) is 0 Å². The van der Waals surface area contributed by atoms with Crippen molar-refractivity contribution in [1.29, 1.82) is 0 Å². The fourth-order valence-electron chi connectivity index (χ4n) is 2.67. The molecule has 7 nitrogen and oxygen atoms in total. The predicted molar refractivity (Wildman–Crippen MR) is 114 cm³/mol. The highest BCUT2D eigenvalue weighted by molar-refractivity contribution is 7.98. The van der Waals surface area contributed by atoms with Crippen LogP contribution in [0.1, 0.15) is 5.69 Å². The van der Waals surface area contributed by atoms with Crippen LogP contribution in [0, 0.1) is 0 Å². The summed E-state index contributed by atoms with van der Waals surface area (Å²) in [6, 6.07) is 15.5. The highest BCUT2D eigenvalue weighted by Crippen LogP contribution is 2.32. The Hall–Kier alpha value is -2.62. The molecule has 29 heavy (non-hydrogen) atoms. The number of thioether (sulfide) groups is 1. The van der Waals surface area contributed by atoms with Crippen molar-refractivity contribution in [3.05, 3.63) is 58.6 Å². The summed E-state index contributed by atoms with van der Waals surface area (Å²) >= 11 is 8.81. The highest BCUT2D eigenvalue weighted by atomic mass is 35.5. The van der Waals surface area contributed by atoms with E-state index >= 15 is 0 Å². The number of ether oxygens (including phenoxy) is 2. The van der Waals surface area contributed by atoms with Crippen LogP contribution in [-0.4, -0.2) is 38.6 Å². The number of halogens is 1. The van der Waals surface area contributed by atoms with Crippen molar-refractivity contribution in [2.45, 2.75) is 10.9 Å². The van der Waals surface area contributed by atoms with Crippen LogP contribution >= 0.6 is 34.9 Å². The molecule has 0 radical (unpaired) electrons. The van der Waals surface area contributed by atoms with Gasteiger partial charge in [-0.25, -0.2) is 0 Å². The first-order chi connectivity index (χ1) is 14.2. The second-order valence-electron chi connectivity index (χ2n) is 5.85. The molecule has 2 aromatic heterocycles. The second kappa shape index (κ2) is 8.81. The van der Waals surface area contributed by atoms with Crippen LogP contribution in [0.4, 0.5) is 0 Å². The van der Waals surface area contributed by atoms with Gasteiger partial charge in [0.25, 0.3) is 0 Å². The summed E-state index contributed by atoms with van der Waals surface area (Å²) in [5.74, 6) is 2.83. The first-order valence-corrected chi connectivity index (χ1v) is 10.7. The minimum atomic E-state index is 0.548.